The number of hydrogen-bond donors (Lipinski definition) is 0. The van der Waals surface area contributed by atoms with Gasteiger partial charge in [-0.15, -0.1) is 0 Å². The molecule has 0 unspecified atom stereocenters. The highest BCUT2D eigenvalue weighted by Crippen LogP contribution is 2.34. The van der Waals surface area contributed by atoms with Crippen molar-refractivity contribution in [3.63, 3.8) is 0 Å². The molecule has 1 aliphatic carbocycles. The third-order valence-corrected chi connectivity index (χ3v) is 3.52. The summed E-state index contributed by atoms with van der Waals surface area (Å²) >= 11 is 0. The van der Waals surface area contributed by atoms with E-state index in [1.54, 1.807) is 0 Å². The monoisotopic (exact) mass is 277 g/mol. The summed E-state index contributed by atoms with van der Waals surface area (Å²) in [5, 5.41) is 0. The molecule has 0 radical (unpaired) electrons. The van der Waals surface area contributed by atoms with Crippen molar-refractivity contribution >= 4 is 5.97 Å². The van der Waals surface area contributed by atoms with Crippen LogP contribution >= 0.6 is 0 Å². The normalized spacial score (nSPS) is 16.5. The molecule has 0 aromatic heterocycles. The fourth-order valence-corrected chi connectivity index (χ4v) is 2.40. The van der Waals surface area contributed by atoms with Gasteiger partial charge in [0.2, 0.25) is 6.79 Å². The zero-order valence-electron chi connectivity index (χ0n) is 11.6. The number of hydrogen-bond acceptors (Lipinski definition) is 5. The van der Waals surface area contributed by atoms with E-state index in [9.17, 15) is 4.79 Å². The molecule has 5 nitrogen and oxygen atoms in total. The summed E-state index contributed by atoms with van der Waals surface area (Å²) in [6.45, 7) is 3.64. The molecule has 0 amide bonds. The maximum Gasteiger partial charge on any atom is 0.320 e. The Morgan fingerprint density at radius 1 is 1.35 bits per heavy atom. The summed E-state index contributed by atoms with van der Waals surface area (Å²) in [6, 6.07) is 6.44. The molecule has 1 aromatic rings. The summed E-state index contributed by atoms with van der Waals surface area (Å²) in [5.41, 5.74) is 1.13. The van der Waals surface area contributed by atoms with Crippen LogP contribution in [0.5, 0.6) is 11.5 Å². The molecule has 1 heterocycles. The number of carbonyl (C=O) groups excluding carboxylic acids is 1. The minimum absolute atomic E-state index is 0.153. The Balaban J connectivity index is 1.65. The van der Waals surface area contributed by atoms with E-state index in [2.05, 4.69) is 4.90 Å². The lowest BCUT2D eigenvalue weighted by atomic mass is 10.2. The van der Waals surface area contributed by atoms with Gasteiger partial charge in [0, 0.05) is 12.6 Å². The van der Waals surface area contributed by atoms with Gasteiger partial charge in [0.25, 0.3) is 0 Å². The Morgan fingerprint density at radius 3 is 2.90 bits per heavy atom. The van der Waals surface area contributed by atoms with Gasteiger partial charge in [0.15, 0.2) is 11.5 Å². The van der Waals surface area contributed by atoms with Gasteiger partial charge in [-0.1, -0.05) is 6.07 Å². The van der Waals surface area contributed by atoms with Crippen molar-refractivity contribution in [2.24, 2.45) is 0 Å². The Labute approximate surface area is 118 Å². The average molecular weight is 277 g/mol. The van der Waals surface area contributed by atoms with Gasteiger partial charge >= 0.3 is 5.97 Å². The van der Waals surface area contributed by atoms with E-state index in [1.165, 1.54) is 0 Å². The highest BCUT2D eigenvalue weighted by atomic mass is 16.7. The summed E-state index contributed by atoms with van der Waals surface area (Å²) in [6.07, 6.45) is 2.31. The minimum atomic E-state index is -0.153. The van der Waals surface area contributed by atoms with Crippen LogP contribution in [0.3, 0.4) is 0 Å². The van der Waals surface area contributed by atoms with Crippen LogP contribution in [0.15, 0.2) is 18.2 Å². The van der Waals surface area contributed by atoms with Crippen LogP contribution in [0.1, 0.15) is 25.3 Å². The van der Waals surface area contributed by atoms with Gasteiger partial charge in [0.1, 0.15) is 0 Å². The molecule has 20 heavy (non-hydrogen) atoms. The lowest BCUT2D eigenvalue weighted by Gasteiger charge is -2.21. The number of esters is 1. The molecule has 1 aliphatic heterocycles. The van der Waals surface area contributed by atoms with Crippen molar-refractivity contribution in [3.8, 4) is 11.5 Å². The van der Waals surface area contributed by atoms with Gasteiger partial charge in [-0.25, -0.2) is 0 Å². The van der Waals surface area contributed by atoms with E-state index < -0.39 is 0 Å². The topological polar surface area (TPSA) is 48.0 Å². The predicted molar refractivity (Wildman–Crippen MR) is 72.6 cm³/mol. The van der Waals surface area contributed by atoms with Crippen molar-refractivity contribution in [1.29, 1.82) is 0 Å². The van der Waals surface area contributed by atoms with Gasteiger partial charge in [0.05, 0.1) is 13.2 Å². The second-order valence-corrected chi connectivity index (χ2v) is 5.13. The van der Waals surface area contributed by atoms with E-state index in [1.807, 2.05) is 25.1 Å². The second kappa shape index (κ2) is 5.71. The van der Waals surface area contributed by atoms with E-state index in [0.717, 1.165) is 36.4 Å². The van der Waals surface area contributed by atoms with Crippen LogP contribution in [-0.2, 0) is 16.1 Å². The highest BCUT2D eigenvalue weighted by Gasteiger charge is 2.30. The molecule has 1 fully saturated rings. The number of benzene rings is 1. The molecule has 108 valence electrons. The second-order valence-electron chi connectivity index (χ2n) is 5.13. The molecule has 0 N–H and O–H groups in total. The number of fused-ring (bicyclic) bond motifs is 1. The highest BCUT2D eigenvalue weighted by molar-refractivity contribution is 5.71. The van der Waals surface area contributed by atoms with Crippen molar-refractivity contribution in [2.45, 2.75) is 32.4 Å². The Hall–Kier alpha value is -1.75. The van der Waals surface area contributed by atoms with Crippen LogP contribution in [0.25, 0.3) is 0 Å². The van der Waals surface area contributed by atoms with Crippen LogP contribution < -0.4 is 9.47 Å². The smallest absolute Gasteiger partial charge is 0.320 e. The Morgan fingerprint density at radius 2 is 2.15 bits per heavy atom. The minimum Gasteiger partial charge on any atom is -0.465 e. The first-order valence-electron chi connectivity index (χ1n) is 7.04. The maximum absolute atomic E-state index is 11.7. The summed E-state index contributed by atoms with van der Waals surface area (Å²) < 4.78 is 15.7. The summed E-state index contributed by atoms with van der Waals surface area (Å²) in [5.74, 6) is 1.42. The molecule has 1 saturated carbocycles. The molecule has 0 saturated heterocycles. The van der Waals surface area contributed by atoms with Gasteiger partial charge in [-0.2, -0.15) is 0 Å². The van der Waals surface area contributed by atoms with E-state index in [0.29, 0.717) is 19.2 Å². The molecular weight excluding hydrogens is 258 g/mol. The largest absolute Gasteiger partial charge is 0.465 e. The first-order valence-corrected chi connectivity index (χ1v) is 7.04. The van der Waals surface area contributed by atoms with Crippen molar-refractivity contribution in [1.82, 2.24) is 4.90 Å². The molecule has 2 aliphatic rings. The molecule has 5 heteroatoms. The van der Waals surface area contributed by atoms with Crippen LogP contribution in [-0.4, -0.2) is 36.9 Å². The summed E-state index contributed by atoms with van der Waals surface area (Å²) in [4.78, 5) is 13.8. The average Bonchev–Trinajstić information content (AvgIpc) is 3.17. The lowest BCUT2D eigenvalue weighted by Crippen LogP contribution is -2.32. The standard InChI is InChI=1S/C15H19NO4/c1-2-18-15(17)9-16(12-4-5-12)8-11-3-6-13-14(7-11)20-10-19-13/h3,6-7,12H,2,4-5,8-10H2,1H3. The van der Waals surface area contributed by atoms with Crippen LogP contribution in [0.2, 0.25) is 0 Å². The SMILES string of the molecule is CCOC(=O)CN(Cc1ccc2c(c1)OCO2)C1CC1. The van der Waals surface area contributed by atoms with E-state index in [-0.39, 0.29) is 12.8 Å². The van der Waals surface area contributed by atoms with Crippen molar-refractivity contribution in [3.05, 3.63) is 23.8 Å². The van der Waals surface area contributed by atoms with Gasteiger partial charge in [-0.05, 0) is 37.5 Å². The zero-order valence-corrected chi connectivity index (χ0v) is 11.6. The third-order valence-electron chi connectivity index (χ3n) is 3.52. The molecular formula is C15H19NO4. The number of ether oxygens (including phenoxy) is 3. The first-order chi connectivity index (χ1) is 9.76. The van der Waals surface area contributed by atoms with Gasteiger partial charge < -0.3 is 14.2 Å². The third kappa shape index (κ3) is 3.04. The van der Waals surface area contributed by atoms with E-state index in [4.69, 9.17) is 14.2 Å². The maximum atomic E-state index is 11.7. The van der Waals surface area contributed by atoms with E-state index >= 15 is 0 Å². The van der Waals surface area contributed by atoms with Crippen molar-refractivity contribution in [2.75, 3.05) is 19.9 Å². The lowest BCUT2D eigenvalue weighted by molar-refractivity contribution is -0.144. The molecule has 3 rings (SSSR count). The quantitative estimate of drug-likeness (QED) is 0.744. The number of rotatable bonds is 6. The first kappa shape index (κ1) is 13.2. The Kier molecular flexibility index (Phi) is 3.78. The van der Waals surface area contributed by atoms with Crippen LogP contribution in [0, 0.1) is 0 Å². The van der Waals surface area contributed by atoms with Crippen molar-refractivity contribution < 1.29 is 19.0 Å². The number of carbonyl (C=O) groups is 1. The van der Waals surface area contributed by atoms with Gasteiger partial charge in [-0.3, -0.25) is 9.69 Å². The van der Waals surface area contributed by atoms with Crippen LogP contribution in [0.4, 0.5) is 0 Å². The fraction of sp³-hybridized carbons (Fsp3) is 0.533. The molecule has 0 atom stereocenters. The number of nitrogens with zero attached hydrogens (tertiary/aromatic N) is 1. The predicted octanol–water partition coefficient (Wildman–Crippen LogP) is 1.94. The summed E-state index contributed by atoms with van der Waals surface area (Å²) in [7, 11) is 0. The molecule has 0 bridgehead atoms. The molecule has 1 aromatic carbocycles. The fourth-order valence-electron chi connectivity index (χ4n) is 2.40. The Bertz CT molecular complexity index is 499. The molecule has 0 spiro atoms. The zero-order chi connectivity index (χ0) is 13.9.